The minimum Gasteiger partial charge on any atom is -0.481 e. The number of hydrogen-bond acceptors (Lipinski definition) is 2. The number of carboxylic acids is 1. The first-order chi connectivity index (χ1) is 9.18. The molecule has 2 N–H and O–H groups in total. The molecule has 1 aromatic carbocycles. The lowest BCUT2D eigenvalue weighted by Gasteiger charge is -2.26. The zero-order chi connectivity index (χ0) is 15.3. The zero-order valence-corrected chi connectivity index (χ0v) is 12.6. The van der Waals surface area contributed by atoms with Gasteiger partial charge in [0, 0.05) is 12.1 Å². The topological polar surface area (TPSA) is 66.4 Å². The number of rotatable bonds is 5. The summed E-state index contributed by atoms with van der Waals surface area (Å²) in [5, 5.41) is 11.6. The molecule has 0 aliphatic carbocycles. The highest BCUT2D eigenvalue weighted by Crippen LogP contribution is 2.28. The van der Waals surface area contributed by atoms with Crippen LogP contribution in [0.4, 0.5) is 5.69 Å². The van der Waals surface area contributed by atoms with Gasteiger partial charge in [0.25, 0.3) is 0 Å². The molecule has 0 saturated heterocycles. The van der Waals surface area contributed by atoms with E-state index in [9.17, 15) is 9.59 Å². The highest BCUT2D eigenvalue weighted by atomic mass is 16.4. The lowest BCUT2D eigenvalue weighted by atomic mass is 9.80. The maximum absolute atomic E-state index is 12.0. The van der Waals surface area contributed by atoms with Crippen LogP contribution < -0.4 is 5.32 Å². The van der Waals surface area contributed by atoms with Crippen LogP contribution in [0.3, 0.4) is 0 Å². The van der Waals surface area contributed by atoms with Crippen molar-refractivity contribution in [2.75, 3.05) is 5.32 Å². The highest BCUT2D eigenvalue weighted by molar-refractivity contribution is 5.91. The smallest absolute Gasteiger partial charge is 0.307 e. The fraction of sp³-hybridized carbons (Fsp3) is 0.500. The van der Waals surface area contributed by atoms with Crippen LogP contribution >= 0.6 is 0 Å². The summed E-state index contributed by atoms with van der Waals surface area (Å²) in [6.45, 7) is 8.38. The largest absolute Gasteiger partial charge is 0.481 e. The molecule has 1 rings (SSSR count). The van der Waals surface area contributed by atoms with E-state index in [2.05, 4.69) is 33.0 Å². The van der Waals surface area contributed by atoms with Gasteiger partial charge in [-0.3, -0.25) is 9.59 Å². The lowest BCUT2D eigenvalue weighted by Crippen LogP contribution is -2.23. The van der Waals surface area contributed by atoms with Crippen molar-refractivity contribution in [3.8, 4) is 0 Å². The quantitative estimate of drug-likeness (QED) is 0.867. The van der Waals surface area contributed by atoms with Gasteiger partial charge in [0.15, 0.2) is 0 Å². The molecule has 0 heterocycles. The van der Waals surface area contributed by atoms with Gasteiger partial charge in [0.2, 0.25) is 5.91 Å². The third-order valence-electron chi connectivity index (χ3n) is 3.54. The maximum Gasteiger partial charge on any atom is 0.307 e. The van der Waals surface area contributed by atoms with E-state index in [0.717, 1.165) is 0 Å². The Bertz CT molecular complexity index is 489. The molecular formula is C16H23NO3. The molecule has 0 saturated carbocycles. The van der Waals surface area contributed by atoms with Crippen LogP contribution in [-0.4, -0.2) is 17.0 Å². The number of carbonyl (C=O) groups excluding carboxylic acids is 1. The number of carboxylic acid groups (broad SMARTS) is 1. The van der Waals surface area contributed by atoms with Crippen LogP contribution in [0.1, 0.15) is 39.7 Å². The molecule has 1 amide bonds. The number of carbonyl (C=O) groups is 2. The summed E-state index contributed by atoms with van der Waals surface area (Å²) in [7, 11) is 0. The van der Waals surface area contributed by atoms with E-state index in [1.54, 1.807) is 24.3 Å². The molecule has 0 aliphatic heterocycles. The van der Waals surface area contributed by atoms with Crippen molar-refractivity contribution in [2.45, 2.75) is 40.5 Å². The number of amides is 1. The Hall–Kier alpha value is -1.84. The second-order valence-corrected chi connectivity index (χ2v) is 6.29. The zero-order valence-electron chi connectivity index (χ0n) is 12.6. The third-order valence-corrected chi connectivity index (χ3v) is 3.54. The molecule has 4 heteroatoms. The second-order valence-electron chi connectivity index (χ2n) is 6.29. The van der Waals surface area contributed by atoms with E-state index in [4.69, 9.17) is 5.11 Å². The molecule has 0 bridgehead atoms. The number of hydrogen-bond donors (Lipinski definition) is 2. The summed E-state index contributed by atoms with van der Waals surface area (Å²) in [6, 6.07) is 6.96. The van der Waals surface area contributed by atoms with Crippen molar-refractivity contribution in [2.24, 2.45) is 11.3 Å². The molecule has 110 valence electrons. The van der Waals surface area contributed by atoms with E-state index in [1.807, 2.05) is 0 Å². The van der Waals surface area contributed by atoms with E-state index in [1.165, 1.54) is 0 Å². The predicted molar refractivity (Wildman–Crippen MR) is 79.6 cm³/mol. The molecule has 1 atom stereocenters. The third kappa shape index (κ3) is 5.43. The number of nitrogens with one attached hydrogen (secondary N) is 1. The van der Waals surface area contributed by atoms with E-state index < -0.39 is 5.97 Å². The standard InChI is InChI=1S/C16H23NO3/c1-11(16(2,3)4)8-14(18)17-13-7-5-6-12(9-13)10-15(19)20/h5-7,9,11H,8,10H2,1-4H3,(H,17,18)(H,19,20). The van der Waals surface area contributed by atoms with Crippen molar-refractivity contribution >= 4 is 17.6 Å². The maximum atomic E-state index is 12.0. The van der Waals surface area contributed by atoms with Crippen LogP contribution in [0.15, 0.2) is 24.3 Å². The molecule has 1 unspecified atom stereocenters. The van der Waals surface area contributed by atoms with Crippen molar-refractivity contribution in [1.29, 1.82) is 0 Å². The summed E-state index contributed by atoms with van der Waals surface area (Å²) in [5.74, 6) is -0.653. The van der Waals surface area contributed by atoms with E-state index in [-0.39, 0.29) is 23.7 Å². The van der Waals surface area contributed by atoms with Gasteiger partial charge >= 0.3 is 5.97 Å². The molecule has 0 aliphatic rings. The Morgan fingerprint density at radius 2 is 1.95 bits per heavy atom. The van der Waals surface area contributed by atoms with E-state index >= 15 is 0 Å². The summed E-state index contributed by atoms with van der Waals surface area (Å²) in [4.78, 5) is 22.6. The molecule has 0 fully saturated rings. The Morgan fingerprint density at radius 1 is 1.30 bits per heavy atom. The first-order valence-electron chi connectivity index (χ1n) is 6.79. The molecular weight excluding hydrogens is 254 g/mol. The van der Waals surface area contributed by atoms with Gasteiger partial charge in [-0.1, -0.05) is 39.8 Å². The monoisotopic (exact) mass is 277 g/mol. The average Bonchev–Trinajstić information content (AvgIpc) is 2.26. The van der Waals surface area contributed by atoms with Crippen LogP contribution in [0.2, 0.25) is 0 Å². The van der Waals surface area contributed by atoms with Gasteiger partial charge in [-0.25, -0.2) is 0 Å². The van der Waals surface area contributed by atoms with Crippen LogP contribution in [-0.2, 0) is 16.0 Å². The van der Waals surface area contributed by atoms with Gasteiger partial charge in [-0.2, -0.15) is 0 Å². The normalized spacial score (nSPS) is 12.8. The van der Waals surface area contributed by atoms with Crippen LogP contribution in [0.25, 0.3) is 0 Å². The highest BCUT2D eigenvalue weighted by Gasteiger charge is 2.22. The van der Waals surface area contributed by atoms with Crippen molar-refractivity contribution < 1.29 is 14.7 Å². The van der Waals surface area contributed by atoms with Gasteiger partial charge < -0.3 is 10.4 Å². The van der Waals surface area contributed by atoms with Gasteiger partial charge in [0.1, 0.15) is 0 Å². The summed E-state index contributed by atoms with van der Waals surface area (Å²) < 4.78 is 0. The minimum absolute atomic E-state index is 0.0396. The molecule has 0 aromatic heterocycles. The summed E-state index contributed by atoms with van der Waals surface area (Å²) >= 11 is 0. The van der Waals surface area contributed by atoms with Gasteiger partial charge in [-0.15, -0.1) is 0 Å². The lowest BCUT2D eigenvalue weighted by molar-refractivity contribution is -0.136. The predicted octanol–water partition coefficient (Wildman–Crippen LogP) is 3.32. The molecule has 0 spiro atoms. The molecule has 1 aromatic rings. The number of benzene rings is 1. The second kappa shape index (κ2) is 6.55. The Labute approximate surface area is 120 Å². The number of anilines is 1. The van der Waals surface area contributed by atoms with Crippen molar-refractivity contribution in [3.05, 3.63) is 29.8 Å². The van der Waals surface area contributed by atoms with Crippen molar-refractivity contribution in [3.63, 3.8) is 0 Å². The fourth-order valence-electron chi connectivity index (χ4n) is 1.73. The van der Waals surface area contributed by atoms with Crippen molar-refractivity contribution in [1.82, 2.24) is 0 Å². The first kappa shape index (κ1) is 16.2. The summed E-state index contributed by atoms with van der Waals surface area (Å²) in [6.07, 6.45) is 0.411. The molecule has 20 heavy (non-hydrogen) atoms. The first-order valence-corrected chi connectivity index (χ1v) is 6.79. The van der Waals surface area contributed by atoms with Gasteiger partial charge in [0.05, 0.1) is 6.42 Å². The Morgan fingerprint density at radius 3 is 2.50 bits per heavy atom. The molecule has 0 radical (unpaired) electrons. The van der Waals surface area contributed by atoms with E-state index in [0.29, 0.717) is 17.7 Å². The number of aliphatic carboxylic acids is 1. The Balaban J connectivity index is 2.64. The summed E-state index contributed by atoms with van der Waals surface area (Å²) in [5.41, 5.74) is 1.41. The molecule has 4 nitrogen and oxygen atoms in total. The van der Waals surface area contributed by atoms with Crippen LogP contribution in [0.5, 0.6) is 0 Å². The average molecular weight is 277 g/mol. The Kier molecular flexibility index (Phi) is 5.31. The minimum atomic E-state index is -0.880. The fourth-order valence-corrected chi connectivity index (χ4v) is 1.73. The van der Waals surface area contributed by atoms with Crippen LogP contribution in [0, 0.1) is 11.3 Å². The van der Waals surface area contributed by atoms with Gasteiger partial charge in [-0.05, 0) is 29.0 Å². The SMILES string of the molecule is CC(CC(=O)Nc1cccc(CC(=O)O)c1)C(C)(C)C.